The Morgan fingerprint density at radius 2 is 2.00 bits per heavy atom. The summed E-state index contributed by atoms with van der Waals surface area (Å²) >= 11 is 0. The second kappa shape index (κ2) is 6.30. The first kappa shape index (κ1) is 15.6. The third-order valence-corrected chi connectivity index (χ3v) is 4.22. The van der Waals surface area contributed by atoms with Crippen molar-refractivity contribution < 1.29 is 15.0 Å². The molecule has 116 valence electrons. The minimum absolute atomic E-state index is 0.192. The van der Waals surface area contributed by atoms with Gasteiger partial charge in [0.2, 0.25) is 5.43 Å². The van der Waals surface area contributed by atoms with E-state index in [0.29, 0.717) is 44.7 Å². The Hall–Kier alpha value is -1.82. The molecule has 0 spiro atoms. The van der Waals surface area contributed by atoms with Gasteiger partial charge in [0.25, 0.3) is 0 Å². The van der Waals surface area contributed by atoms with Crippen molar-refractivity contribution in [1.82, 2.24) is 9.47 Å². The maximum Gasteiger partial charge on any atom is 0.306 e. The van der Waals surface area contributed by atoms with E-state index in [1.807, 2.05) is 18.4 Å². The lowest BCUT2D eigenvalue weighted by Gasteiger charge is -2.31. The predicted octanol–water partition coefficient (Wildman–Crippen LogP) is 1.18. The Kier molecular flexibility index (Phi) is 4.67. The summed E-state index contributed by atoms with van der Waals surface area (Å²) in [5.74, 6) is -1.21. The molecule has 2 N–H and O–H groups in total. The molecular formula is C15H22N2O4. The highest BCUT2D eigenvalue weighted by Crippen LogP contribution is 2.22. The molecule has 0 saturated carbocycles. The van der Waals surface area contributed by atoms with Crippen LogP contribution in [0.1, 0.15) is 31.2 Å². The van der Waals surface area contributed by atoms with E-state index in [0.717, 1.165) is 5.69 Å². The van der Waals surface area contributed by atoms with Crippen LogP contribution in [-0.2, 0) is 17.9 Å². The van der Waals surface area contributed by atoms with Gasteiger partial charge in [-0.15, -0.1) is 0 Å². The molecule has 0 aliphatic carbocycles. The van der Waals surface area contributed by atoms with Crippen molar-refractivity contribution in [2.24, 2.45) is 5.92 Å². The van der Waals surface area contributed by atoms with Gasteiger partial charge in [-0.05, 0) is 39.8 Å². The minimum atomic E-state index is -0.737. The van der Waals surface area contributed by atoms with Gasteiger partial charge in [-0.3, -0.25) is 14.5 Å². The maximum absolute atomic E-state index is 11.8. The van der Waals surface area contributed by atoms with Crippen LogP contribution >= 0.6 is 0 Å². The molecule has 2 rings (SSSR count). The number of carbonyl (C=O) groups is 1. The monoisotopic (exact) mass is 294 g/mol. The Morgan fingerprint density at radius 1 is 1.38 bits per heavy atom. The Balaban J connectivity index is 2.17. The van der Waals surface area contributed by atoms with E-state index in [4.69, 9.17) is 5.11 Å². The Bertz CT molecular complexity index is 586. The molecular weight excluding hydrogens is 272 g/mol. The first-order chi connectivity index (χ1) is 9.93. The smallest absolute Gasteiger partial charge is 0.306 e. The number of likely N-dealkylation sites (tertiary alicyclic amines) is 1. The summed E-state index contributed by atoms with van der Waals surface area (Å²) in [6.45, 7) is 6.32. The van der Waals surface area contributed by atoms with Gasteiger partial charge in [0.05, 0.1) is 11.6 Å². The van der Waals surface area contributed by atoms with Crippen molar-refractivity contribution in [2.75, 3.05) is 13.1 Å². The van der Waals surface area contributed by atoms with Crippen molar-refractivity contribution in [3.63, 3.8) is 0 Å². The molecule has 6 heteroatoms. The lowest BCUT2D eigenvalue weighted by atomic mass is 9.97. The van der Waals surface area contributed by atoms with Crippen molar-refractivity contribution >= 4 is 5.97 Å². The average Bonchev–Trinajstić information content (AvgIpc) is 2.45. The third-order valence-electron chi connectivity index (χ3n) is 4.22. The van der Waals surface area contributed by atoms with Gasteiger partial charge in [0.1, 0.15) is 0 Å². The SMILES string of the molecule is CCn1c(C)cc(=O)c(O)c1CN1CCC(C(=O)O)CC1. The molecule has 21 heavy (non-hydrogen) atoms. The van der Waals surface area contributed by atoms with Crippen LogP contribution in [-0.4, -0.2) is 38.7 Å². The van der Waals surface area contributed by atoms with Gasteiger partial charge < -0.3 is 14.8 Å². The van der Waals surface area contributed by atoms with Gasteiger partial charge in [0.15, 0.2) is 5.75 Å². The first-order valence-corrected chi connectivity index (χ1v) is 7.31. The molecule has 0 unspecified atom stereocenters. The van der Waals surface area contributed by atoms with Crippen LogP contribution in [0.4, 0.5) is 0 Å². The van der Waals surface area contributed by atoms with E-state index in [-0.39, 0.29) is 17.1 Å². The van der Waals surface area contributed by atoms with Gasteiger partial charge in [0, 0.05) is 24.8 Å². The number of pyridine rings is 1. The van der Waals surface area contributed by atoms with Gasteiger partial charge in [-0.2, -0.15) is 0 Å². The molecule has 1 aliphatic rings. The highest BCUT2D eigenvalue weighted by atomic mass is 16.4. The maximum atomic E-state index is 11.8. The van der Waals surface area contributed by atoms with Crippen molar-refractivity contribution in [3.8, 4) is 5.75 Å². The number of aryl methyl sites for hydroxylation is 1. The molecule has 0 amide bonds. The van der Waals surface area contributed by atoms with E-state index in [1.165, 1.54) is 6.07 Å². The fourth-order valence-corrected chi connectivity index (χ4v) is 2.97. The number of aliphatic carboxylic acids is 1. The van der Waals surface area contributed by atoms with E-state index in [2.05, 4.69) is 4.90 Å². The summed E-state index contributed by atoms with van der Waals surface area (Å²) in [7, 11) is 0. The number of piperidine rings is 1. The zero-order valence-corrected chi connectivity index (χ0v) is 12.5. The van der Waals surface area contributed by atoms with Crippen molar-refractivity contribution in [3.05, 3.63) is 27.7 Å². The Labute approximate surface area is 123 Å². The molecule has 2 heterocycles. The molecule has 0 radical (unpaired) electrons. The summed E-state index contributed by atoms with van der Waals surface area (Å²) in [4.78, 5) is 24.8. The fraction of sp³-hybridized carbons (Fsp3) is 0.600. The standard InChI is InChI=1S/C15H22N2O4/c1-3-17-10(2)8-13(18)14(19)12(17)9-16-6-4-11(5-7-16)15(20)21/h8,11,19H,3-7,9H2,1-2H3,(H,20,21). The normalized spacial score (nSPS) is 17.0. The van der Waals surface area contributed by atoms with Crippen LogP contribution in [0.5, 0.6) is 5.75 Å². The zero-order chi connectivity index (χ0) is 15.6. The summed E-state index contributed by atoms with van der Waals surface area (Å²) in [6.07, 6.45) is 1.22. The number of nitrogens with zero attached hydrogens (tertiary/aromatic N) is 2. The van der Waals surface area contributed by atoms with E-state index in [1.54, 1.807) is 0 Å². The predicted molar refractivity (Wildman–Crippen MR) is 78.4 cm³/mol. The lowest BCUT2D eigenvalue weighted by molar-refractivity contribution is -0.143. The summed E-state index contributed by atoms with van der Waals surface area (Å²) < 4.78 is 1.93. The number of aromatic hydroxyl groups is 1. The fourth-order valence-electron chi connectivity index (χ4n) is 2.97. The van der Waals surface area contributed by atoms with Gasteiger partial charge in [-0.1, -0.05) is 0 Å². The molecule has 0 aromatic carbocycles. The van der Waals surface area contributed by atoms with Crippen LogP contribution in [0, 0.1) is 12.8 Å². The van der Waals surface area contributed by atoms with Crippen LogP contribution in [0.3, 0.4) is 0 Å². The molecule has 0 bridgehead atoms. The van der Waals surface area contributed by atoms with Crippen molar-refractivity contribution in [2.45, 2.75) is 39.8 Å². The molecule has 1 aromatic rings. The second-order valence-corrected chi connectivity index (χ2v) is 5.58. The van der Waals surface area contributed by atoms with E-state index >= 15 is 0 Å². The number of aromatic nitrogens is 1. The number of carboxylic acid groups (broad SMARTS) is 1. The zero-order valence-electron chi connectivity index (χ0n) is 12.5. The van der Waals surface area contributed by atoms with E-state index < -0.39 is 5.97 Å². The number of carboxylic acids is 1. The summed E-state index contributed by atoms with van der Waals surface area (Å²) in [5.41, 5.74) is 1.10. The lowest BCUT2D eigenvalue weighted by Crippen LogP contribution is -2.37. The first-order valence-electron chi connectivity index (χ1n) is 7.31. The minimum Gasteiger partial charge on any atom is -0.503 e. The van der Waals surface area contributed by atoms with Crippen molar-refractivity contribution in [1.29, 1.82) is 0 Å². The highest BCUT2D eigenvalue weighted by Gasteiger charge is 2.25. The molecule has 1 aromatic heterocycles. The van der Waals surface area contributed by atoms with Gasteiger partial charge >= 0.3 is 5.97 Å². The summed E-state index contributed by atoms with van der Waals surface area (Å²) in [5, 5.41) is 19.1. The average molecular weight is 294 g/mol. The highest BCUT2D eigenvalue weighted by molar-refractivity contribution is 5.70. The topological polar surface area (TPSA) is 82.8 Å². The second-order valence-electron chi connectivity index (χ2n) is 5.58. The van der Waals surface area contributed by atoms with E-state index in [9.17, 15) is 14.7 Å². The largest absolute Gasteiger partial charge is 0.503 e. The quantitative estimate of drug-likeness (QED) is 0.871. The molecule has 0 atom stereocenters. The molecule has 6 nitrogen and oxygen atoms in total. The number of hydrogen-bond donors (Lipinski definition) is 2. The van der Waals surface area contributed by atoms with Crippen LogP contribution in [0.2, 0.25) is 0 Å². The number of rotatable bonds is 4. The van der Waals surface area contributed by atoms with Gasteiger partial charge in [-0.25, -0.2) is 0 Å². The van der Waals surface area contributed by atoms with Crippen LogP contribution in [0.25, 0.3) is 0 Å². The molecule has 1 aliphatic heterocycles. The number of hydrogen-bond acceptors (Lipinski definition) is 4. The summed E-state index contributed by atoms with van der Waals surface area (Å²) in [6, 6.07) is 1.44. The molecule has 1 saturated heterocycles. The Morgan fingerprint density at radius 3 is 2.52 bits per heavy atom. The third kappa shape index (κ3) is 3.26. The molecule has 1 fully saturated rings. The van der Waals surface area contributed by atoms with Crippen LogP contribution < -0.4 is 5.43 Å². The van der Waals surface area contributed by atoms with Crippen LogP contribution in [0.15, 0.2) is 10.9 Å².